The first kappa shape index (κ1) is 19.6. The van der Waals surface area contributed by atoms with E-state index in [1.807, 2.05) is 10.3 Å². The van der Waals surface area contributed by atoms with Gasteiger partial charge in [-0.1, -0.05) is 13.8 Å². The molecular formula is C13H23Cl2N3OS. The predicted octanol–water partition coefficient (Wildman–Crippen LogP) is 2.62. The molecule has 1 aliphatic heterocycles. The van der Waals surface area contributed by atoms with Crippen LogP contribution in [0.5, 0.6) is 0 Å². The molecule has 0 spiro atoms. The Morgan fingerprint density at radius 1 is 1.55 bits per heavy atom. The SMILES string of the molecule is CC(C)Cc1nc(C(=O)N2CCNC[C@H]2C)cs1.Cl.Cl. The van der Waals surface area contributed by atoms with E-state index in [2.05, 4.69) is 31.1 Å². The molecule has 0 radical (unpaired) electrons. The topological polar surface area (TPSA) is 45.2 Å². The Hall–Kier alpha value is -0.360. The van der Waals surface area contributed by atoms with E-state index in [0.717, 1.165) is 31.1 Å². The van der Waals surface area contributed by atoms with Crippen molar-refractivity contribution in [1.82, 2.24) is 15.2 Å². The highest BCUT2D eigenvalue weighted by atomic mass is 35.5. The Bertz CT molecular complexity index is 426. The fraction of sp³-hybridized carbons (Fsp3) is 0.692. The van der Waals surface area contributed by atoms with Crippen molar-refractivity contribution in [2.24, 2.45) is 5.92 Å². The number of nitrogens with one attached hydrogen (secondary N) is 1. The summed E-state index contributed by atoms with van der Waals surface area (Å²) in [5, 5.41) is 6.25. The van der Waals surface area contributed by atoms with Crippen molar-refractivity contribution in [2.75, 3.05) is 19.6 Å². The number of hydrogen-bond donors (Lipinski definition) is 1. The highest BCUT2D eigenvalue weighted by Crippen LogP contribution is 2.17. The largest absolute Gasteiger partial charge is 0.332 e. The molecule has 1 saturated heterocycles. The van der Waals surface area contributed by atoms with E-state index in [4.69, 9.17) is 0 Å². The maximum absolute atomic E-state index is 12.4. The third-order valence-electron chi connectivity index (χ3n) is 3.12. The van der Waals surface area contributed by atoms with Crippen LogP contribution in [-0.2, 0) is 6.42 Å². The summed E-state index contributed by atoms with van der Waals surface area (Å²) < 4.78 is 0. The van der Waals surface area contributed by atoms with Crippen LogP contribution in [0.4, 0.5) is 0 Å². The van der Waals surface area contributed by atoms with E-state index in [0.29, 0.717) is 11.6 Å². The number of amides is 1. The number of nitrogens with zero attached hydrogens (tertiary/aromatic N) is 2. The minimum absolute atomic E-state index is 0. The summed E-state index contributed by atoms with van der Waals surface area (Å²) in [6.45, 7) is 8.93. The van der Waals surface area contributed by atoms with Gasteiger partial charge >= 0.3 is 0 Å². The molecule has 1 amide bonds. The first-order chi connectivity index (χ1) is 8.58. The molecule has 1 fully saturated rings. The molecule has 2 heterocycles. The highest BCUT2D eigenvalue weighted by Gasteiger charge is 2.25. The van der Waals surface area contributed by atoms with E-state index in [-0.39, 0.29) is 36.8 Å². The average Bonchev–Trinajstić information content (AvgIpc) is 2.76. The van der Waals surface area contributed by atoms with Crippen LogP contribution in [0.1, 0.15) is 36.3 Å². The first-order valence-electron chi connectivity index (χ1n) is 6.54. The van der Waals surface area contributed by atoms with Crippen molar-refractivity contribution < 1.29 is 4.79 Å². The Morgan fingerprint density at radius 2 is 2.25 bits per heavy atom. The molecule has 0 bridgehead atoms. The molecule has 1 aromatic rings. The fourth-order valence-corrected chi connectivity index (χ4v) is 3.12. The number of halogens is 2. The van der Waals surface area contributed by atoms with Gasteiger partial charge in [0.25, 0.3) is 5.91 Å². The second kappa shape index (κ2) is 8.82. The van der Waals surface area contributed by atoms with Gasteiger partial charge in [-0.3, -0.25) is 4.79 Å². The lowest BCUT2D eigenvalue weighted by atomic mass is 10.1. The van der Waals surface area contributed by atoms with Crippen LogP contribution in [0.2, 0.25) is 0 Å². The fourth-order valence-electron chi connectivity index (χ4n) is 2.14. The zero-order valence-electron chi connectivity index (χ0n) is 12.1. The molecule has 2 rings (SSSR count). The van der Waals surface area contributed by atoms with Crippen molar-refractivity contribution in [3.63, 3.8) is 0 Å². The van der Waals surface area contributed by atoms with E-state index >= 15 is 0 Å². The Balaban J connectivity index is 0.00000180. The minimum Gasteiger partial charge on any atom is -0.332 e. The van der Waals surface area contributed by atoms with Gasteiger partial charge in [0.05, 0.1) is 5.01 Å². The second-order valence-electron chi connectivity index (χ2n) is 5.28. The minimum atomic E-state index is 0. The molecule has 1 N–H and O–H groups in total. The smallest absolute Gasteiger partial charge is 0.273 e. The number of rotatable bonds is 3. The third kappa shape index (κ3) is 4.88. The number of carbonyl (C=O) groups excluding carboxylic acids is 1. The van der Waals surface area contributed by atoms with Crippen molar-refractivity contribution >= 4 is 42.1 Å². The quantitative estimate of drug-likeness (QED) is 0.920. The molecule has 0 aromatic carbocycles. The summed E-state index contributed by atoms with van der Waals surface area (Å²) in [7, 11) is 0. The van der Waals surface area contributed by atoms with Crippen molar-refractivity contribution in [2.45, 2.75) is 33.2 Å². The summed E-state index contributed by atoms with van der Waals surface area (Å²) >= 11 is 1.60. The Labute approximate surface area is 137 Å². The molecule has 0 aliphatic carbocycles. The summed E-state index contributed by atoms with van der Waals surface area (Å²) in [6, 6.07) is 0.251. The lowest BCUT2D eigenvalue weighted by Gasteiger charge is -2.33. The van der Waals surface area contributed by atoms with Gasteiger partial charge < -0.3 is 10.2 Å². The van der Waals surface area contributed by atoms with Gasteiger partial charge in [-0.15, -0.1) is 36.2 Å². The molecular weight excluding hydrogens is 317 g/mol. The van der Waals surface area contributed by atoms with E-state index in [9.17, 15) is 4.79 Å². The Kier molecular flexibility index (Phi) is 8.66. The lowest BCUT2D eigenvalue weighted by Crippen LogP contribution is -2.52. The van der Waals surface area contributed by atoms with Crippen molar-refractivity contribution in [1.29, 1.82) is 0 Å². The van der Waals surface area contributed by atoms with Crippen molar-refractivity contribution in [3.05, 3.63) is 16.1 Å². The maximum Gasteiger partial charge on any atom is 0.273 e. The molecule has 116 valence electrons. The predicted molar refractivity (Wildman–Crippen MR) is 88.5 cm³/mol. The summed E-state index contributed by atoms with van der Waals surface area (Å²) in [5.74, 6) is 0.660. The third-order valence-corrected chi connectivity index (χ3v) is 3.99. The normalized spacial score (nSPS) is 18.4. The molecule has 20 heavy (non-hydrogen) atoms. The summed E-state index contributed by atoms with van der Waals surface area (Å²) in [6.07, 6.45) is 0.953. The number of thiazole rings is 1. The molecule has 4 nitrogen and oxygen atoms in total. The monoisotopic (exact) mass is 339 g/mol. The molecule has 0 unspecified atom stereocenters. The molecule has 7 heteroatoms. The van der Waals surface area contributed by atoms with Gasteiger partial charge in [-0.25, -0.2) is 4.98 Å². The summed E-state index contributed by atoms with van der Waals surface area (Å²) in [4.78, 5) is 18.7. The highest BCUT2D eigenvalue weighted by molar-refractivity contribution is 7.09. The van der Waals surface area contributed by atoms with Gasteiger partial charge in [-0.05, 0) is 12.8 Å². The lowest BCUT2D eigenvalue weighted by molar-refractivity contribution is 0.0650. The Morgan fingerprint density at radius 3 is 2.85 bits per heavy atom. The van der Waals surface area contributed by atoms with Crippen LogP contribution in [0.3, 0.4) is 0 Å². The van der Waals surface area contributed by atoms with E-state index in [1.54, 1.807) is 11.3 Å². The molecule has 1 aromatic heterocycles. The maximum atomic E-state index is 12.4. The van der Waals surface area contributed by atoms with Crippen LogP contribution in [0.15, 0.2) is 5.38 Å². The van der Waals surface area contributed by atoms with Gasteiger partial charge in [0.2, 0.25) is 0 Å². The van der Waals surface area contributed by atoms with Crippen LogP contribution in [0, 0.1) is 5.92 Å². The second-order valence-corrected chi connectivity index (χ2v) is 6.22. The van der Waals surface area contributed by atoms with Crippen LogP contribution >= 0.6 is 36.2 Å². The molecule has 0 saturated carbocycles. The first-order valence-corrected chi connectivity index (χ1v) is 7.42. The van der Waals surface area contributed by atoms with Crippen LogP contribution < -0.4 is 5.32 Å². The number of hydrogen-bond acceptors (Lipinski definition) is 4. The zero-order valence-corrected chi connectivity index (χ0v) is 14.5. The van der Waals surface area contributed by atoms with Gasteiger partial charge in [0, 0.05) is 37.5 Å². The van der Waals surface area contributed by atoms with E-state index in [1.165, 1.54) is 0 Å². The molecule has 1 atom stereocenters. The number of aromatic nitrogens is 1. The van der Waals surface area contributed by atoms with Crippen molar-refractivity contribution in [3.8, 4) is 0 Å². The van der Waals surface area contributed by atoms with Crippen LogP contribution in [0.25, 0.3) is 0 Å². The number of piperazine rings is 1. The van der Waals surface area contributed by atoms with Gasteiger partial charge in [0.1, 0.15) is 5.69 Å². The van der Waals surface area contributed by atoms with Crippen LogP contribution in [-0.4, -0.2) is 41.5 Å². The number of carbonyl (C=O) groups is 1. The van der Waals surface area contributed by atoms with Gasteiger partial charge in [0.15, 0.2) is 0 Å². The average molecular weight is 340 g/mol. The zero-order chi connectivity index (χ0) is 13.1. The van der Waals surface area contributed by atoms with E-state index < -0.39 is 0 Å². The standard InChI is InChI=1S/C13H21N3OS.2ClH/c1-9(2)6-12-15-11(8-18-12)13(17)16-5-4-14-7-10(16)3;;/h8-10,14H,4-7H2,1-3H3;2*1H/t10-;;/m1../s1. The summed E-state index contributed by atoms with van der Waals surface area (Å²) in [5.41, 5.74) is 0.615. The molecule has 1 aliphatic rings. The van der Waals surface area contributed by atoms with Gasteiger partial charge in [-0.2, -0.15) is 0 Å².